The lowest BCUT2D eigenvalue weighted by Crippen LogP contribution is -2.81. The van der Waals surface area contributed by atoms with Gasteiger partial charge in [0.2, 0.25) is 11.5 Å². The molecule has 64 heavy (non-hydrogen) atoms. The van der Waals surface area contributed by atoms with Crippen LogP contribution in [0.3, 0.4) is 0 Å². The quantitative estimate of drug-likeness (QED) is 0.106. The molecule has 1 saturated carbocycles. The molecule has 13 nitrogen and oxygen atoms in total. The molecule has 2 aromatic carbocycles. The zero-order valence-electron chi connectivity index (χ0n) is 37.7. The Morgan fingerprint density at radius 2 is 1.80 bits per heavy atom. The number of piperidine rings is 1. The molecule has 346 valence electrons. The van der Waals surface area contributed by atoms with Crippen LogP contribution < -0.4 is 9.64 Å². The summed E-state index contributed by atoms with van der Waals surface area (Å²) in [5.74, 6) is -5.58. The molecule has 0 radical (unpaired) electrons. The van der Waals surface area contributed by atoms with Crippen LogP contribution in [0.5, 0.6) is 5.75 Å². The first-order chi connectivity index (χ1) is 30.5. The summed E-state index contributed by atoms with van der Waals surface area (Å²) in [5.41, 5.74) is -1.84. The van der Waals surface area contributed by atoms with E-state index in [1.54, 1.807) is 0 Å². The summed E-state index contributed by atoms with van der Waals surface area (Å²) < 4.78 is 54.8. The van der Waals surface area contributed by atoms with Crippen molar-refractivity contribution in [2.24, 2.45) is 17.3 Å². The first-order valence-electron chi connectivity index (χ1n) is 22.4. The van der Waals surface area contributed by atoms with Gasteiger partial charge in [-0.2, -0.15) is 0 Å². The van der Waals surface area contributed by atoms with Gasteiger partial charge in [-0.15, -0.1) is 11.8 Å². The largest absolute Gasteiger partial charge is 0.496 e. The predicted molar refractivity (Wildman–Crippen MR) is 237 cm³/mol. The molecule has 1 spiro atoms. The minimum absolute atomic E-state index is 0.00432. The smallest absolute Gasteiger partial charge is 0.344 e. The van der Waals surface area contributed by atoms with E-state index >= 15 is 13.6 Å². The van der Waals surface area contributed by atoms with Crippen molar-refractivity contribution in [1.82, 2.24) is 14.8 Å². The predicted octanol–water partition coefficient (Wildman–Crippen LogP) is 5.21. The van der Waals surface area contributed by atoms with E-state index in [1.807, 2.05) is 55.3 Å². The Morgan fingerprint density at radius 3 is 2.47 bits per heavy atom. The number of carbonyl (C=O) groups is 3. The average molecular weight is 907 g/mol. The normalized spacial score (nSPS) is 34.1. The Kier molecular flexibility index (Phi) is 11.2. The number of likely N-dealkylation sites (N-methyl/N-ethyl adjacent to an activating group) is 1. The lowest BCUT2D eigenvalue weighted by atomic mass is 9.47. The van der Waals surface area contributed by atoms with Crippen molar-refractivity contribution in [2.75, 3.05) is 78.4 Å². The summed E-state index contributed by atoms with van der Waals surface area (Å²) in [6, 6.07) is 8.52. The van der Waals surface area contributed by atoms with Gasteiger partial charge in [-0.3, -0.25) is 14.5 Å². The number of aromatic nitrogens is 1. The van der Waals surface area contributed by atoms with Crippen molar-refractivity contribution in [1.29, 1.82) is 0 Å². The molecule has 3 fully saturated rings. The number of thioether (sulfide) groups is 1. The number of ether oxygens (including phenoxy) is 4. The number of H-pyrrole nitrogens is 1. The van der Waals surface area contributed by atoms with E-state index < -0.39 is 63.7 Å². The lowest BCUT2D eigenvalue weighted by Gasteiger charge is -2.63. The zero-order chi connectivity index (χ0) is 45.7. The molecule has 1 aliphatic carbocycles. The molecule has 6 heterocycles. The van der Waals surface area contributed by atoms with Crippen LogP contribution in [-0.4, -0.2) is 146 Å². The first-order valence-corrected chi connectivity index (χ1v) is 23.4. The van der Waals surface area contributed by atoms with Crippen LogP contribution in [0.15, 0.2) is 47.4 Å². The third-order valence-corrected chi connectivity index (χ3v) is 17.0. The Hall–Kier alpha value is -4.22. The van der Waals surface area contributed by atoms with E-state index in [1.165, 1.54) is 40.0 Å². The number of alkyl halides is 2. The number of aliphatic hydroxyl groups excluding tert-OH is 1. The number of hydrogen-bond acceptors (Lipinski definition) is 13. The second-order valence-electron chi connectivity index (χ2n) is 19.1. The highest BCUT2D eigenvalue weighted by Gasteiger charge is 2.80. The second kappa shape index (κ2) is 16.0. The minimum Gasteiger partial charge on any atom is -0.496 e. The van der Waals surface area contributed by atoms with Crippen LogP contribution in [0.2, 0.25) is 0 Å². The number of nitrogens with one attached hydrogen (secondary N) is 1. The molecular weight excluding hydrogens is 847 g/mol. The van der Waals surface area contributed by atoms with Crippen LogP contribution in [0.25, 0.3) is 10.9 Å². The van der Waals surface area contributed by atoms with Crippen LogP contribution in [-0.2, 0) is 45.8 Å². The Balaban J connectivity index is 1.35. The third-order valence-electron chi connectivity index (χ3n) is 16.0. The van der Waals surface area contributed by atoms with Gasteiger partial charge < -0.3 is 43.9 Å². The highest BCUT2D eigenvalue weighted by molar-refractivity contribution is 7.99. The number of anilines is 1. The van der Waals surface area contributed by atoms with Gasteiger partial charge in [0.25, 0.3) is 0 Å². The van der Waals surface area contributed by atoms with Gasteiger partial charge >= 0.3 is 17.9 Å². The number of rotatable bonds is 10. The number of halogens is 2. The number of carbonyl (C=O) groups excluding carboxylic acids is 3. The fourth-order valence-corrected chi connectivity index (χ4v) is 14.4. The minimum atomic E-state index is -2.96. The van der Waals surface area contributed by atoms with Crippen LogP contribution in [0.1, 0.15) is 68.8 Å². The number of fused-ring (bicyclic) bond motifs is 6. The first kappa shape index (κ1) is 45.0. The van der Waals surface area contributed by atoms with Crippen LogP contribution in [0, 0.1) is 17.3 Å². The van der Waals surface area contributed by atoms with Gasteiger partial charge in [0, 0.05) is 108 Å². The molecule has 6 aliphatic rings. The number of aliphatic hydroxyl groups is 2. The monoisotopic (exact) mass is 906 g/mol. The van der Waals surface area contributed by atoms with E-state index in [-0.39, 0.29) is 38.0 Å². The van der Waals surface area contributed by atoms with Gasteiger partial charge in [-0.1, -0.05) is 19.1 Å². The highest BCUT2D eigenvalue weighted by Crippen LogP contribution is 2.68. The van der Waals surface area contributed by atoms with E-state index in [4.69, 9.17) is 18.9 Å². The Labute approximate surface area is 376 Å². The SMILES string of the molecule is CC[C@]12C=CCN3CC[C@@]4(c5cc([C@@]6(C(=O)OC)CC7CC(C(C)(F)F)CN(CCc8c6[nH]c6ccc(SCCO)cc86)C7)c(OC)cc5N(C)C4[C@@](O)(C(=O)OC)[C@@H]1OC(C)=O)C32. The fourth-order valence-electron chi connectivity index (χ4n) is 13.7. The van der Waals surface area contributed by atoms with Gasteiger partial charge in [-0.05, 0) is 86.9 Å². The maximum atomic E-state index is 15.5. The van der Waals surface area contributed by atoms with E-state index in [0.29, 0.717) is 73.9 Å². The highest BCUT2D eigenvalue weighted by atomic mass is 32.2. The third kappa shape index (κ3) is 6.24. The standard InChI is InChI=1S/C48H60F2N4O9S/c1-8-45-13-9-15-54-17-14-46(39(45)54)33-22-34(37(60-5)23-36(33)52(4)40(46)48(59,43(58)62-7)41(45)63-27(2)56)47(42(57)61-6)24-28-20-29(44(3,49)50)26-53(25-28)16-12-31-32-21-30(64-19-18-55)10-11-35(32)51-38(31)47/h9-11,13,21-23,28-29,39-41,51,55,59H,8,12,14-20,24-26H2,1-7H3/t28?,29?,39?,40?,41-,45-,46-,47+,48+/m1/s1. The van der Waals surface area contributed by atoms with Crippen molar-refractivity contribution < 1.29 is 52.3 Å². The molecule has 5 aliphatic heterocycles. The number of esters is 3. The topological polar surface area (TPSA) is 154 Å². The van der Waals surface area contributed by atoms with E-state index in [0.717, 1.165) is 33.8 Å². The van der Waals surface area contributed by atoms with E-state index in [2.05, 4.69) is 20.9 Å². The maximum absolute atomic E-state index is 15.5. The van der Waals surface area contributed by atoms with Crippen molar-refractivity contribution in [2.45, 2.75) is 98.3 Å². The van der Waals surface area contributed by atoms with Crippen molar-refractivity contribution in [3.8, 4) is 5.75 Å². The van der Waals surface area contributed by atoms with Crippen molar-refractivity contribution in [3.63, 3.8) is 0 Å². The number of methoxy groups -OCH3 is 3. The second-order valence-corrected chi connectivity index (χ2v) is 20.2. The van der Waals surface area contributed by atoms with Gasteiger partial charge in [0.15, 0.2) is 6.10 Å². The molecule has 5 unspecified atom stereocenters. The maximum Gasteiger partial charge on any atom is 0.344 e. The zero-order valence-corrected chi connectivity index (χ0v) is 38.5. The Morgan fingerprint density at radius 1 is 1.03 bits per heavy atom. The number of aromatic amines is 1. The summed E-state index contributed by atoms with van der Waals surface area (Å²) in [4.78, 5) is 53.9. The van der Waals surface area contributed by atoms with E-state index in [9.17, 15) is 19.8 Å². The van der Waals surface area contributed by atoms with Crippen LogP contribution in [0.4, 0.5) is 14.5 Å². The molecule has 1 aromatic heterocycles. The van der Waals surface area contributed by atoms with Crippen LogP contribution >= 0.6 is 11.8 Å². The van der Waals surface area contributed by atoms with Gasteiger partial charge in [0.05, 0.1) is 34.0 Å². The molecule has 10 atom stereocenters. The number of nitrogens with zero attached hydrogens (tertiary/aromatic N) is 3. The summed E-state index contributed by atoms with van der Waals surface area (Å²) in [5, 5.41) is 23.9. The van der Waals surface area contributed by atoms with Crippen molar-refractivity contribution >= 4 is 46.3 Å². The molecular formula is C48H60F2N4O9S. The lowest BCUT2D eigenvalue weighted by molar-refractivity contribution is -0.228. The van der Waals surface area contributed by atoms with Gasteiger partial charge in [0.1, 0.15) is 11.2 Å². The molecule has 2 saturated heterocycles. The Bertz CT molecular complexity index is 2410. The molecule has 0 amide bonds. The summed E-state index contributed by atoms with van der Waals surface area (Å²) in [6.45, 7) is 6.64. The summed E-state index contributed by atoms with van der Waals surface area (Å²) in [7, 11) is 5.92. The molecule has 3 aromatic rings. The average Bonchev–Trinajstić information content (AvgIpc) is 3.94. The molecule has 2 bridgehead atoms. The van der Waals surface area contributed by atoms with Gasteiger partial charge in [-0.25, -0.2) is 13.6 Å². The van der Waals surface area contributed by atoms with Crippen molar-refractivity contribution in [3.05, 3.63) is 64.9 Å². The fraction of sp³-hybridized carbons (Fsp3) is 0.604. The molecule has 9 rings (SSSR count). The summed E-state index contributed by atoms with van der Waals surface area (Å²) >= 11 is 1.52. The number of benzene rings is 2. The number of hydrogen-bond donors (Lipinski definition) is 3. The molecule has 3 N–H and O–H groups in total. The summed E-state index contributed by atoms with van der Waals surface area (Å²) in [6.07, 6.45) is 4.36. The molecule has 16 heteroatoms.